The molecule has 0 atom stereocenters. The van der Waals surface area contributed by atoms with Gasteiger partial charge in [-0.3, -0.25) is 4.98 Å². The van der Waals surface area contributed by atoms with Crippen LogP contribution in [0.4, 0.5) is 0 Å². The van der Waals surface area contributed by atoms with E-state index in [-0.39, 0.29) is 0 Å². The van der Waals surface area contributed by atoms with Gasteiger partial charge in [0.2, 0.25) is 0 Å². The van der Waals surface area contributed by atoms with Crippen molar-refractivity contribution in [2.24, 2.45) is 0 Å². The minimum absolute atomic E-state index is 0.322. The molecule has 0 unspecified atom stereocenters. The van der Waals surface area contributed by atoms with E-state index in [1.54, 1.807) is 0 Å². The Balaban J connectivity index is 1.27. The van der Waals surface area contributed by atoms with E-state index in [2.05, 4.69) is 9.97 Å². The lowest BCUT2D eigenvalue weighted by Gasteiger charge is -2.16. The van der Waals surface area contributed by atoms with Crippen molar-refractivity contribution < 1.29 is 43.9 Å². The number of hydrogen-bond donors (Lipinski definition) is 0. The first-order valence-corrected chi connectivity index (χ1v) is 16.9. The van der Waals surface area contributed by atoms with Gasteiger partial charge in [-0.15, -0.1) is 11.3 Å². The first-order valence-electron chi connectivity index (χ1n) is 32.1. The fourth-order valence-electron chi connectivity index (χ4n) is 6.29. The van der Waals surface area contributed by atoms with Gasteiger partial charge in [-0.25, -0.2) is 4.98 Å². The summed E-state index contributed by atoms with van der Waals surface area (Å²) in [5.41, 5.74) is -6.92. The van der Waals surface area contributed by atoms with Gasteiger partial charge in [0, 0.05) is 37.8 Å². The third-order valence-electron chi connectivity index (χ3n) is 8.64. The van der Waals surface area contributed by atoms with Crippen LogP contribution >= 0.6 is 11.3 Å². The molecule has 0 aliphatic rings. The summed E-state index contributed by atoms with van der Waals surface area (Å²) in [6, 6.07) is -28.9. The highest BCUT2D eigenvalue weighted by molar-refractivity contribution is 7.19. The van der Waals surface area contributed by atoms with E-state index in [4.69, 9.17) is 23.3 Å². The summed E-state index contributed by atoms with van der Waals surface area (Å²) in [5, 5.41) is -5.03. The SMILES string of the molecule is [2H]c1nc2c(c([2H])c1[2H])c([2H])c([2H])c1c([2H])c([2H])c(-c3c([2H])c([2H])c(-c4c([2H])c([2H])c([2H])c(-c5sc(-c6c7c([2H])c([2H])c([2H])c([2H])c7c(-c7c([2H])c([2H])c([2H])c([2H])c7[2H])c7c([2H])c([2H])c([2H])c([2H])c67)c([2H])c5[2H])c4[2H])c4c([2H])c([2H])c([2H])c([2H])c34)nc12. The van der Waals surface area contributed by atoms with Crippen LogP contribution in [0.5, 0.6) is 0 Å². The Morgan fingerprint density at radius 2 is 0.945 bits per heavy atom. The van der Waals surface area contributed by atoms with Crippen LogP contribution in [-0.2, 0) is 0 Å². The van der Waals surface area contributed by atoms with Gasteiger partial charge in [-0.2, -0.15) is 0 Å². The topological polar surface area (TPSA) is 25.8 Å². The molecular formula is C52H32N2S. The van der Waals surface area contributed by atoms with E-state index in [0.29, 0.717) is 11.3 Å². The predicted octanol–water partition coefficient (Wildman–Crippen LogP) is 14.6. The molecule has 0 N–H and O–H groups in total. The Labute approximate surface area is 367 Å². The van der Waals surface area contributed by atoms with Gasteiger partial charge in [-0.05, 0) is 90.3 Å². The zero-order valence-electron chi connectivity index (χ0n) is 59.3. The van der Waals surface area contributed by atoms with Crippen molar-refractivity contribution >= 4 is 65.5 Å². The standard InChI is InChI=1S/C52H32N2S/c1-2-12-33(13-3-1)49-42-19-6-8-21-44(42)50(45-22-9-7-20-43(45)49)48-30-29-47(55-48)37-15-10-14-36(32-37)38-26-27-41(40-18-5-4-17-39(38)40)46-28-25-35-24-23-34-16-11-31-53-51(34)52(35)54-46/h1-32H/i1D,2D,3D,4D,5D,6D,7D,8D,9D,10D,11D,12D,13D,14D,15D,16D,17D,18D,19D,20D,21D,22D,23D,24D,25D,26D,27D,28D,29D,30D,31D,32D. The zero-order chi connectivity index (χ0) is 64.1. The van der Waals surface area contributed by atoms with Gasteiger partial charge in [-0.1, -0.05) is 157 Å². The second-order valence-corrected chi connectivity index (χ2v) is 12.7. The number of hydrogen-bond acceptors (Lipinski definition) is 3. The Hall–Kier alpha value is -6.94. The third kappa shape index (κ3) is 5.24. The van der Waals surface area contributed by atoms with Gasteiger partial charge in [0.25, 0.3) is 0 Å². The normalized spacial score (nSPS) is 19.8. The van der Waals surface area contributed by atoms with Crippen molar-refractivity contribution in [2.45, 2.75) is 0 Å². The van der Waals surface area contributed by atoms with Crippen LogP contribution in [0.25, 0.3) is 109 Å². The van der Waals surface area contributed by atoms with Crippen LogP contribution in [0.3, 0.4) is 0 Å². The summed E-state index contributed by atoms with van der Waals surface area (Å²) in [6.07, 6.45) is -0.786. The van der Waals surface area contributed by atoms with Crippen LogP contribution in [0.15, 0.2) is 193 Å². The van der Waals surface area contributed by atoms with Crippen molar-refractivity contribution in [1.29, 1.82) is 0 Å². The zero-order valence-corrected chi connectivity index (χ0v) is 28.1. The number of thiophene rings is 1. The molecule has 0 spiro atoms. The monoisotopic (exact) mass is 748 g/mol. The van der Waals surface area contributed by atoms with Crippen molar-refractivity contribution in [3.05, 3.63) is 193 Å². The van der Waals surface area contributed by atoms with Gasteiger partial charge in [0.05, 0.1) is 60.6 Å². The van der Waals surface area contributed by atoms with Crippen LogP contribution < -0.4 is 0 Å². The molecule has 55 heavy (non-hydrogen) atoms. The van der Waals surface area contributed by atoms with E-state index in [9.17, 15) is 20.6 Å². The fourth-order valence-corrected chi connectivity index (χ4v) is 7.21. The summed E-state index contributed by atoms with van der Waals surface area (Å²) < 4.78 is 288. The van der Waals surface area contributed by atoms with Gasteiger partial charge in [0.1, 0.15) is 0 Å². The number of nitrogens with zero attached hydrogens (tertiary/aromatic N) is 2. The maximum absolute atomic E-state index is 9.85. The van der Waals surface area contributed by atoms with E-state index in [1.807, 2.05) is 0 Å². The Bertz CT molecular complexity index is 5020. The van der Waals surface area contributed by atoms with Crippen molar-refractivity contribution in [2.75, 3.05) is 0 Å². The molecule has 0 saturated carbocycles. The van der Waals surface area contributed by atoms with Crippen LogP contribution in [0.2, 0.25) is 0 Å². The lowest BCUT2D eigenvalue weighted by atomic mass is 9.88. The van der Waals surface area contributed by atoms with Crippen molar-refractivity contribution in [3.63, 3.8) is 0 Å². The second-order valence-electron chi connectivity index (χ2n) is 11.6. The molecule has 8 aromatic carbocycles. The van der Waals surface area contributed by atoms with Crippen molar-refractivity contribution in [3.8, 4) is 54.4 Å². The number of aromatic nitrogens is 2. The molecule has 2 nitrogen and oxygen atoms in total. The summed E-state index contributed by atoms with van der Waals surface area (Å²) in [4.78, 5) is 7.32. The molecule has 0 radical (unpaired) electrons. The molecular weight excluding hydrogens is 685 g/mol. The first kappa shape index (κ1) is 13.1. The second kappa shape index (κ2) is 12.9. The molecule has 0 fully saturated rings. The van der Waals surface area contributed by atoms with Gasteiger partial charge in [0.15, 0.2) is 0 Å². The average Bonchev–Trinajstić information content (AvgIpc) is 1.42. The number of rotatable bonds is 5. The minimum Gasteiger partial charge on any atom is -0.254 e. The third-order valence-corrected chi connectivity index (χ3v) is 9.66. The van der Waals surface area contributed by atoms with E-state index < -0.39 is 302 Å². The molecule has 0 aliphatic heterocycles. The summed E-state index contributed by atoms with van der Waals surface area (Å²) >= 11 is 0.322. The molecule has 0 aliphatic carbocycles. The lowest BCUT2D eigenvalue weighted by Crippen LogP contribution is -1.91. The quantitative estimate of drug-likeness (QED) is 0.129. The number of pyridine rings is 2. The molecule has 3 heterocycles. The van der Waals surface area contributed by atoms with E-state index in [0.717, 1.165) is 0 Å². The van der Waals surface area contributed by atoms with Crippen molar-refractivity contribution in [1.82, 2.24) is 9.97 Å². The molecule has 0 saturated heterocycles. The van der Waals surface area contributed by atoms with Gasteiger partial charge >= 0.3 is 0 Å². The smallest absolute Gasteiger partial charge is 0.0972 e. The minimum atomic E-state index is -1.08. The molecule has 3 aromatic heterocycles. The van der Waals surface area contributed by atoms with Crippen LogP contribution in [0, 0.1) is 0 Å². The highest BCUT2D eigenvalue weighted by Gasteiger charge is 2.18. The molecule has 0 bridgehead atoms. The molecule has 0 amide bonds. The summed E-state index contributed by atoms with van der Waals surface area (Å²) in [7, 11) is 0. The summed E-state index contributed by atoms with van der Waals surface area (Å²) in [6.45, 7) is 0. The highest BCUT2D eigenvalue weighted by atomic mass is 32.1. The molecule has 11 aromatic rings. The maximum atomic E-state index is 9.85. The Morgan fingerprint density at radius 3 is 1.69 bits per heavy atom. The predicted molar refractivity (Wildman–Crippen MR) is 235 cm³/mol. The highest BCUT2D eigenvalue weighted by Crippen LogP contribution is 2.47. The molecule has 3 heteroatoms. The fraction of sp³-hybridized carbons (Fsp3) is 0. The number of fused-ring (bicyclic) bond motifs is 6. The first-order chi connectivity index (χ1) is 40.6. The average molecular weight is 749 g/mol. The van der Waals surface area contributed by atoms with E-state index >= 15 is 0 Å². The summed E-state index contributed by atoms with van der Waals surface area (Å²) in [5.74, 6) is 0. The molecule has 256 valence electrons. The van der Waals surface area contributed by atoms with E-state index in [1.165, 1.54) is 0 Å². The lowest BCUT2D eigenvalue weighted by molar-refractivity contribution is 1.37. The maximum Gasteiger partial charge on any atom is 0.0972 e. The Kier molecular flexibility index (Phi) is 3.07. The Morgan fingerprint density at radius 1 is 0.382 bits per heavy atom. The van der Waals surface area contributed by atoms with Crippen LogP contribution in [-0.4, -0.2) is 9.97 Å². The largest absolute Gasteiger partial charge is 0.254 e. The molecule has 11 rings (SSSR count). The van der Waals surface area contributed by atoms with Crippen LogP contribution in [0.1, 0.15) is 43.9 Å². The van der Waals surface area contributed by atoms with Gasteiger partial charge < -0.3 is 0 Å². The number of benzene rings is 8.